The fourth-order valence-electron chi connectivity index (χ4n) is 5.23. The normalized spacial score (nSPS) is 28.1. The van der Waals surface area contributed by atoms with Gasteiger partial charge in [0.15, 0.2) is 5.13 Å². The van der Waals surface area contributed by atoms with E-state index in [0.29, 0.717) is 11.7 Å². The second kappa shape index (κ2) is 6.50. The van der Waals surface area contributed by atoms with E-state index in [1.165, 1.54) is 11.3 Å². The van der Waals surface area contributed by atoms with E-state index in [9.17, 15) is 14.4 Å². The first-order valence-corrected chi connectivity index (χ1v) is 11.0. The van der Waals surface area contributed by atoms with E-state index >= 15 is 0 Å². The number of nitrogens with one attached hydrogen (secondary N) is 1. The number of anilines is 1. The topological polar surface area (TPSA) is 88.6 Å². The summed E-state index contributed by atoms with van der Waals surface area (Å²) < 4.78 is 5.53. The van der Waals surface area contributed by atoms with E-state index in [1.807, 2.05) is 29.7 Å². The van der Waals surface area contributed by atoms with Crippen LogP contribution in [0.2, 0.25) is 0 Å². The maximum Gasteiger partial charge on any atom is 0.246 e. The van der Waals surface area contributed by atoms with Crippen molar-refractivity contribution in [2.45, 2.75) is 12.8 Å². The van der Waals surface area contributed by atoms with Gasteiger partial charge in [0, 0.05) is 17.4 Å². The molecule has 2 bridgehead atoms. The SMILES string of the molecule is O=C(CN1C(=O)C2C3C=CC(C3)C2C1=O)Nc1nc(-c2ccc3c(c2)CCO3)cs1. The minimum atomic E-state index is -0.403. The molecule has 2 aliphatic heterocycles. The Morgan fingerprint density at radius 3 is 2.73 bits per heavy atom. The molecular formula is C22H19N3O4S. The molecule has 7 nitrogen and oxygen atoms in total. The summed E-state index contributed by atoms with van der Waals surface area (Å²) in [4.78, 5) is 43.6. The Labute approximate surface area is 176 Å². The molecule has 8 heteroatoms. The molecule has 3 heterocycles. The summed E-state index contributed by atoms with van der Waals surface area (Å²) in [5.41, 5.74) is 2.90. The Morgan fingerprint density at radius 1 is 1.20 bits per heavy atom. The number of hydrogen-bond donors (Lipinski definition) is 1. The number of nitrogens with zero attached hydrogens (tertiary/aromatic N) is 2. The number of aromatic nitrogens is 1. The first kappa shape index (κ1) is 17.8. The van der Waals surface area contributed by atoms with Crippen LogP contribution in [0.15, 0.2) is 35.7 Å². The molecule has 3 amide bonds. The van der Waals surface area contributed by atoms with Gasteiger partial charge in [-0.25, -0.2) is 4.98 Å². The Hall–Kier alpha value is -3.00. The molecule has 30 heavy (non-hydrogen) atoms. The van der Waals surface area contributed by atoms with Crippen molar-refractivity contribution in [1.29, 1.82) is 0 Å². The first-order chi connectivity index (χ1) is 14.6. The van der Waals surface area contributed by atoms with Crippen LogP contribution in [0.25, 0.3) is 11.3 Å². The standard InChI is InChI=1S/C22H19N3O4S/c26-17(9-25-20(27)18-13-1-2-14(8-13)19(18)21(25)28)24-22-23-15(10-30-22)11-3-4-16-12(7-11)5-6-29-16/h1-4,7,10,13-14,18-19H,5-6,8-9H2,(H,23,24,26). The number of imide groups is 1. The Morgan fingerprint density at radius 2 is 1.97 bits per heavy atom. The van der Waals surface area contributed by atoms with Gasteiger partial charge in [-0.2, -0.15) is 0 Å². The molecule has 6 rings (SSSR count). The molecule has 152 valence electrons. The average molecular weight is 421 g/mol. The molecule has 1 aromatic heterocycles. The highest BCUT2D eigenvalue weighted by molar-refractivity contribution is 7.14. The Bertz CT molecular complexity index is 1090. The zero-order valence-electron chi connectivity index (χ0n) is 16.0. The molecule has 0 radical (unpaired) electrons. The highest BCUT2D eigenvalue weighted by Gasteiger charge is 2.59. The first-order valence-electron chi connectivity index (χ1n) is 10.1. The number of hydrogen-bond acceptors (Lipinski definition) is 6. The van der Waals surface area contributed by atoms with Gasteiger partial charge in [0.2, 0.25) is 17.7 Å². The molecule has 1 saturated carbocycles. The minimum absolute atomic E-state index is 0.142. The van der Waals surface area contributed by atoms with Gasteiger partial charge >= 0.3 is 0 Å². The number of thiazole rings is 1. The lowest BCUT2D eigenvalue weighted by atomic mass is 9.85. The number of likely N-dealkylation sites (tertiary alicyclic amines) is 1. The molecule has 4 unspecified atom stereocenters. The van der Waals surface area contributed by atoms with Gasteiger partial charge in [0.25, 0.3) is 0 Å². The van der Waals surface area contributed by atoms with Crippen LogP contribution in [-0.2, 0) is 20.8 Å². The third kappa shape index (κ3) is 2.63. The molecule has 4 atom stereocenters. The zero-order valence-corrected chi connectivity index (χ0v) is 16.9. The van der Waals surface area contributed by atoms with Gasteiger partial charge in [-0.15, -0.1) is 11.3 Å². The number of carbonyl (C=O) groups excluding carboxylic acids is 3. The average Bonchev–Trinajstić information content (AvgIpc) is 3.54. The van der Waals surface area contributed by atoms with Crippen LogP contribution in [0, 0.1) is 23.7 Å². The predicted molar refractivity (Wildman–Crippen MR) is 110 cm³/mol. The molecule has 2 aliphatic carbocycles. The van der Waals surface area contributed by atoms with Crippen molar-refractivity contribution in [2.75, 3.05) is 18.5 Å². The van der Waals surface area contributed by atoms with E-state index in [1.54, 1.807) is 0 Å². The molecule has 2 aromatic rings. The molecule has 0 spiro atoms. The quantitative estimate of drug-likeness (QED) is 0.605. The maximum atomic E-state index is 12.7. The van der Waals surface area contributed by atoms with Crippen LogP contribution < -0.4 is 10.1 Å². The molecule has 4 aliphatic rings. The van der Waals surface area contributed by atoms with Crippen molar-refractivity contribution in [3.63, 3.8) is 0 Å². The van der Waals surface area contributed by atoms with Crippen LogP contribution in [0.4, 0.5) is 5.13 Å². The lowest BCUT2D eigenvalue weighted by Crippen LogP contribution is -2.39. The van der Waals surface area contributed by atoms with Crippen molar-refractivity contribution in [3.8, 4) is 17.0 Å². The number of benzene rings is 1. The van der Waals surface area contributed by atoms with Crippen LogP contribution in [-0.4, -0.2) is 40.8 Å². The molecule has 1 N–H and O–H groups in total. The van der Waals surface area contributed by atoms with Gasteiger partial charge in [-0.1, -0.05) is 12.2 Å². The van der Waals surface area contributed by atoms with Crippen molar-refractivity contribution in [3.05, 3.63) is 41.3 Å². The Balaban J connectivity index is 1.14. The number of ether oxygens (including phenoxy) is 1. The fraction of sp³-hybridized carbons (Fsp3) is 0.364. The number of fused-ring (bicyclic) bond motifs is 6. The van der Waals surface area contributed by atoms with Gasteiger partial charge in [0.05, 0.1) is 24.1 Å². The molecule has 1 aromatic carbocycles. The minimum Gasteiger partial charge on any atom is -0.493 e. The van der Waals surface area contributed by atoms with Gasteiger partial charge in [-0.05, 0) is 42.0 Å². The van der Waals surface area contributed by atoms with Crippen molar-refractivity contribution in [1.82, 2.24) is 9.88 Å². The fourth-order valence-corrected chi connectivity index (χ4v) is 5.97. The van der Waals surface area contributed by atoms with Crippen molar-refractivity contribution < 1.29 is 19.1 Å². The molecule has 1 saturated heterocycles. The Kier molecular flexibility index (Phi) is 3.86. The van der Waals surface area contributed by atoms with Gasteiger partial charge in [-0.3, -0.25) is 19.3 Å². The predicted octanol–water partition coefficient (Wildman–Crippen LogP) is 2.49. The van der Waals surface area contributed by atoms with E-state index in [2.05, 4.69) is 16.4 Å². The molecular weight excluding hydrogens is 402 g/mol. The largest absolute Gasteiger partial charge is 0.493 e. The van der Waals surface area contributed by atoms with Crippen LogP contribution >= 0.6 is 11.3 Å². The van der Waals surface area contributed by atoms with Crippen molar-refractivity contribution in [2.24, 2.45) is 23.7 Å². The number of carbonyl (C=O) groups is 3. The molecule has 2 fully saturated rings. The van der Waals surface area contributed by atoms with Gasteiger partial charge < -0.3 is 10.1 Å². The monoisotopic (exact) mass is 421 g/mol. The summed E-state index contributed by atoms with van der Waals surface area (Å²) in [7, 11) is 0. The van der Waals surface area contributed by atoms with Crippen molar-refractivity contribution >= 4 is 34.2 Å². The highest BCUT2D eigenvalue weighted by Crippen LogP contribution is 2.52. The third-order valence-electron chi connectivity index (χ3n) is 6.60. The van der Waals surface area contributed by atoms with E-state index < -0.39 is 5.91 Å². The number of rotatable bonds is 4. The lowest BCUT2D eigenvalue weighted by Gasteiger charge is -2.16. The number of allylic oxidation sites excluding steroid dienone is 2. The number of amides is 3. The maximum absolute atomic E-state index is 12.7. The highest BCUT2D eigenvalue weighted by atomic mass is 32.1. The summed E-state index contributed by atoms with van der Waals surface area (Å²) in [5.74, 6) is -0.191. The van der Waals surface area contributed by atoms with E-state index in [0.717, 1.165) is 40.3 Å². The van der Waals surface area contributed by atoms with Crippen LogP contribution in [0.3, 0.4) is 0 Å². The van der Waals surface area contributed by atoms with Crippen LogP contribution in [0.5, 0.6) is 5.75 Å². The summed E-state index contributed by atoms with van der Waals surface area (Å²) in [6, 6.07) is 5.96. The van der Waals surface area contributed by atoms with Crippen LogP contribution in [0.1, 0.15) is 12.0 Å². The summed E-state index contributed by atoms with van der Waals surface area (Å²) in [6.45, 7) is 0.444. The van der Waals surface area contributed by atoms with E-state index in [-0.39, 0.29) is 42.0 Å². The zero-order chi connectivity index (χ0) is 20.4. The second-order valence-electron chi connectivity index (χ2n) is 8.27. The third-order valence-corrected chi connectivity index (χ3v) is 7.36. The lowest BCUT2D eigenvalue weighted by molar-refractivity contribution is -0.143. The summed E-state index contributed by atoms with van der Waals surface area (Å²) in [5, 5.41) is 5.07. The summed E-state index contributed by atoms with van der Waals surface area (Å²) in [6.07, 6.45) is 5.85. The van der Waals surface area contributed by atoms with Gasteiger partial charge in [0.1, 0.15) is 12.3 Å². The summed E-state index contributed by atoms with van der Waals surface area (Å²) >= 11 is 1.32. The smallest absolute Gasteiger partial charge is 0.246 e. The van der Waals surface area contributed by atoms with E-state index in [4.69, 9.17) is 4.74 Å². The second-order valence-corrected chi connectivity index (χ2v) is 9.13.